The van der Waals surface area contributed by atoms with Gasteiger partial charge in [0.1, 0.15) is 11.0 Å². The summed E-state index contributed by atoms with van der Waals surface area (Å²) in [5, 5.41) is 1.10. The molecule has 0 bridgehead atoms. The molecule has 0 unspecified atom stereocenters. The van der Waals surface area contributed by atoms with Crippen LogP contribution in [0, 0.1) is 5.82 Å². The molecule has 0 N–H and O–H groups in total. The van der Waals surface area contributed by atoms with E-state index in [9.17, 15) is 4.39 Å². The van der Waals surface area contributed by atoms with Crippen LogP contribution in [0.2, 0.25) is 20.2 Å². The van der Waals surface area contributed by atoms with Gasteiger partial charge in [-0.15, -0.1) is 0 Å². The molecule has 0 spiro atoms. The molecule has 0 aliphatic heterocycles. The maximum Gasteiger partial charge on any atom is 0.142 e. The quantitative estimate of drug-likeness (QED) is 0.500. The molecule has 1 aromatic heterocycles. The molecule has 2 aromatic rings. The predicted molar refractivity (Wildman–Crippen MR) is 69.7 cm³/mol. The molecule has 1 heterocycles. The number of aromatic nitrogens is 1. The Morgan fingerprint density at radius 3 is 2.18 bits per heavy atom. The van der Waals surface area contributed by atoms with Crippen LogP contribution in [0.5, 0.6) is 0 Å². The number of halogens is 5. The summed E-state index contributed by atoms with van der Waals surface area (Å²) in [6.07, 6.45) is 1.03. The molecule has 0 fully saturated rings. The standard InChI is InChI=1S/C11H4Cl4FN/c12-8-3-10(14)9(13)2-6(8)7-1-5(16)4-17-11(7)15/h1-4H. The molecular weight excluding hydrogens is 307 g/mol. The van der Waals surface area contributed by atoms with Gasteiger partial charge in [0.2, 0.25) is 0 Å². The van der Waals surface area contributed by atoms with Gasteiger partial charge in [0, 0.05) is 11.1 Å². The van der Waals surface area contributed by atoms with Crippen LogP contribution < -0.4 is 0 Å². The first-order valence-corrected chi connectivity index (χ1v) is 5.96. The number of nitrogens with zero attached hydrogens (tertiary/aromatic N) is 1. The van der Waals surface area contributed by atoms with E-state index < -0.39 is 5.82 Å². The first kappa shape index (κ1) is 12.9. The molecule has 1 nitrogen and oxygen atoms in total. The predicted octanol–water partition coefficient (Wildman–Crippen LogP) is 5.50. The minimum absolute atomic E-state index is 0.145. The summed E-state index contributed by atoms with van der Waals surface area (Å²) < 4.78 is 13.1. The van der Waals surface area contributed by atoms with Gasteiger partial charge in [-0.3, -0.25) is 0 Å². The normalized spacial score (nSPS) is 10.6. The third kappa shape index (κ3) is 2.66. The first-order chi connectivity index (χ1) is 7.99. The lowest BCUT2D eigenvalue weighted by Gasteiger charge is -2.08. The summed E-state index contributed by atoms with van der Waals surface area (Å²) >= 11 is 23.6. The SMILES string of the molecule is Fc1cnc(Cl)c(-c2cc(Cl)c(Cl)cc2Cl)c1. The summed E-state index contributed by atoms with van der Waals surface area (Å²) in [5.74, 6) is -0.508. The molecule has 6 heteroatoms. The van der Waals surface area contributed by atoms with E-state index in [0.717, 1.165) is 6.20 Å². The van der Waals surface area contributed by atoms with E-state index in [0.29, 0.717) is 26.2 Å². The minimum atomic E-state index is -0.508. The zero-order valence-electron chi connectivity index (χ0n) is 8.15. The second kappa shape index (κ2) is 4.99. The lowest BCUT2D eigenvalue weighted by Crippen LogP contribution is -1.87. The number of hydrogen-bond donors (Lipinski definition) is 0. The van der Waals surface area contributed by atoms with Crippen molar-refractivity contribution in [2.75, 3.05) is 0 Å². The van der Waals surface area contributed by atoms with Gasteiger partial charge in [-0.2, -0.15) is 0 Å². The highest BCUT2D eigenvalue weighted by molar-refractivity contribution is 6.44. The van der Waals surface area contributed by atoms with Gasteiger partial charge in [0.25, 0.3) is 0 Å². The summed E-state index contributed by atoms with van der Waals surface area (Å²) in [4.78, 5) is 3.70. The van der Waals surface area contributed by atoms with Crippen LogP contribution in [0.15, 0.2) is 24.4 Å². The van der Waals surface area contributed by atoms with Gasteiger partial charge >= 0.3 is 0 Å². The first-order valence-electron chi connectivity index (χ1n) is 4.45. The van der Waals surface area contributed by atoms with Crippen molar-refractivity contribution in [1.82, 2.24) is 4.98 Å². The van der Waals surface area contributed by atoms with Gasteiger partial charge in [0.15, 0.2) is 0 Å². The van der Waals surface area contributed by atoms with E-state index >= 15 is 0 Å². The van der Waals surface area contributed by atoms with Crippen molar-refractivity contribution in [2.24, 2.45) is 0 Å². The molecule has 0 amide bonds. The van der Waals surface area contributed by atoms with Crippen LogP contribution in [-0.4, -0.2) is 4.98 Å². The van der Waals surface area contributed by atoms with Crippen LogP contribution in [-0.2, 0) is 0 Å². The summed E-state index contributed by atoms with van der Waals surface area (Å²) in [5.41, 5.74) is 0.855. The maximum atomic E-state index is 13.1. The number of hydrogen-bond acceptors (Lipinski definition) is 1. The molecule has 88 valence electrons. The lowest BCUT2D eigenvalue weighted by atomic mass is 10.1. The van der Waals surface area contributed by atoms with Crippen LogP contribution in [0.1, 0.15) is 0 Å². The number of pyridine rings is 1. The zero-order valence-corrected chi connectivity index (χ0v) is 11.2. The minimum Gasteiger partial charge on any atom is -0.241 e. The van der Waals surface area contributed by atoms with Gasteiger partial charge in [-0.05, 0) is 18.2 Å². The highest BCUT2D eigenvalue weighted by Gasteiger charge is 2.12. The van der Waals surface area contributed by atoms with Crippen molar-refractivity contribution < 1.29 is 4.39 Å². The van der Waals surface area contributed by atoms with Gasteiger partial charge < -0.3 is 0 Å². The van der Waals surface area contributed by atoms with Crippen molar-refractivity contribution in [3.8, 4) is 11.1 Å². The molecule has 0 saturated heterocycles. The Hall–Kier alpha value is -0.540. The number of benzene rings is 1. The largest absolute Gasteiger partial charge is 0.241 e. The fourth-order valence-corrected chi connectivity index (χ4v) is 2.19. The zero-order chi connectivity index (χ0) is 12.6. The van der Waals surface area contributed by atoms with E-state index in [2.05, 4.69) is 4.98 Å². The average molecular weight is 311 g/mol. The molecule has 17 heavy (non-hydrogen) atoms. The highest BCUT2D eigenvalue weighted by atomic mass is 35.5. The summed E-state index contributed by atoms with van der Waals surface area (Å²) in [6.45, 7) is 0. The molecule has 1 aromatic carbocycles. The Bertz CT molecular complexity index is 586. The third-order valence-electron chi connectivity index (χ3n) is 2.11. The third-order valence-corrected chi connectivity index (χ3v) is 3.44. The second-order valence-corrected chi connectivity index (χ2v) is 4.82. The fraction of sp³-hybridized carbons (Fsp3) is 0. The van der Waals surface area contributed by atoms with Crippen molar-refractivity contribution in [1.29, 1.82) is 0 Å². The smallest absolute Gasteiger partial charge is 0.142 e. The molecule has 0 atom stereocenters. The fourth-order valence-electron chi connectivity index (χ4n) is 1.34. The molecule has 0 aliphatic rings. The molecule has 0 aliphatic carbocycles. The van der Waals surface area contributed by atoms with Crippen molar-refractivity contribution in [3.63, 3.8) is 0 Å². The van der Waals surface area contributed by atoms with Crippen LogP contribution in [0.25, 0.3) is 11.1 Å². The second-order valence-electron chi connectivity index (χ2n) is 3.24. The topological polar surface area (TPSA) is 12.9 Å². The average Bonchev–Trinajstić information content (AvgIpc) is 2.27. The Balaban J connectivity index is 2.68. The summed E-state index contributed by atoms with van der Waals surface area (Å²) in [7, 11) is 0. The lowest BCUT2D eigenvalue weighted by molar-refractivity contribution is 0.622. The van der Waals surface area contributed by atoms with Gasteiger partial charge in [-0.25, -0.2) is 9.37 Å². The molecule has 0 saturated carbocycles. The maximum absolute atomic E-state index is 13.1. The van der Waals surface area contributed by atoms with Gasteiger partial charge in [0.05, 0.1) is 21.3 Å². The van der Waals surface area contributed by atoms with E-state index in [1.165, 1.54) is 18.2 Å². The summed E-state index contributed by atoms with van der Waals surface area (Å²) in [6, 6.07) is 4.23. The Kier molecular flexibility index (Phi) is 3.79. The molecule has 2 rings (SSSR count). The Morgan fingerprint density at radius 2 is 1.47 bits per heavy atom. The molecule has 0 radical (unpaired) electrons. The van der Waals surface area contributed by atoms with Crippen LogP contribution in [0.3, 0.4) is 0 Å². The monoisotopic (exact) mass is 309 g/mol. The highest BCUT2D eigenvalue weighted by Crippen LogP contribution is 2.37. The Labute approximate surface area is 117 Å². The van der Waals surface area contributed by atoms with E-state index in [1.54, 1.807) is 0 Å². The Morgan fingerprint density at radius 1 is 0.824 bits per heavy atom. The van der Waals surface area contributed by atoms with Crippen molar-refractivity contribution in [2.45, 2.75) is 0 Å². The van der Waals surface area contributed by atoms with Crippen molar-refractivity contribution in [3.05, 3.63) is 50.4 Å². The van der Waals surface area contributed by atoms with E-state index in [1.807, 2.05) is 0 Å². The van der Waals surface area contributed by atoms with Gasteiger partial charge in [-0.1, -0.05) is 46.4 Å². The van der Waals surface area contributed by atoms with Crippen molar-refractivity contribution >= 4 is 46.4 Å². The van der Waals surface area contributed by atoms with Crippen LogP contribution in [0.4, 0.5) is 4.39 Å². The van der Waals surface area contributed by atoms with Crippen LogP contribution >= 0.6 is 46.4 Å². The van der Waals surface area contributed by atoms with E-state index in [-0.39, 0.29) is 5.15 Å². The molecular formula is C11H4Cl4FN. The van der Waals surface area contributed by atoms with E-state index in [4.69, 9.17) is 46.4 Å². The number of rotatable bonds is 1.